The van der Waals surface area contributed by atoms with E-state index in [2.05, 4.69) is 5.32 Å². The zero-order valence-electron chi connectivity index (χ0n) is 25.3. The zero-order valence-corrected chi connectivity index (χ0v) is 28.4. The molecule has 0 radical (unpaired) electrons. The van der Waals surface area contributed by atoms with Gasteiger partial charge in [0.2, 0.25) is 11.8 Å². The Morgan fingerprint density at radius 1 is 0.955 bits per heavy atom. The summed E-state index contributed by atoms with van der Waals surface area (Å²) in [4.78, 5) is 30.4. The van der Waals surface area contributed by atoms with Gasteiger partial charge in [-0.15, -0.1) is 11.8 Å². The normalized spacial score (nSPS) is 14.6. The lowest BCUT2D eigenvalue weighted by atomic mass is 9.95. The SMILES string of the molecule is CC[C@@H](C(=O)NC1CCCCC1)N(Cc1ccc(Cl)c(Cl)c1)C(=O)CN(c1ccc(C)cc1)S(=O)(=O)c1ccc(SC)cc1. The van der Waals surface area contributed by atoms with Gasteiger partial charge in [0, 0.05) is 17.5 Å². The average Bonchev–Trinajstić information content (AvgIpc) is 3.02. The topological polar surface area (TPSA) is 86.8 Å². The number of carbonyl (C=O) groups excluding carboxylic acids is 2. The van der Waals surface area contributed by atoms with Crippen LogP contribution in [-0.2, 0) is 26.2 Å². The van der Waals surface area contributed by atoms with Crippen LogP contribution in [0.4, 0.5) is 5.69 Å². The summed E-state index contributed by atoms with van der Waals surface area (Å²) in [6.07, 6.45) is 7.31. The first-order chi connectivity index (χ1) is 21.0. The second kappa shape index (κ2) is 15.5. The van der Waals surface area contributed by atoms with Gasteiger partial charge in [-0.25, -0.2) is 8.42 Å². The Hall–Kier alpha value is -2.72. The summed E-state index contributed by atoms with van der Waals surface area (Å²) in [6.45, 7) is 3.31. The molecule has 0 aliphatic heterocycles. The van der Waals surface area contributed by atoms with Crippen molar-refractivity contribution >= 4 is 62.5 Å². The van der Waals surface area contributed by atoms with Crippen LogP contribution in [0.15, 0.2) is 76.5 Å². The number of halogens is 2. The van der Waals surface area contributed by atoms with E-state index in [-0.39, 0.29) is 23.4 Å². The monoisotopic (exact) mass is 675 g/mol. The second-order valence-electron chi connectivity index (χ2n) is 11.1. The van der Waals surface area contributed by atoms with E-state index in [0.29, 0.717) is 27.7 Å². The van der Waals surface area contributed by atoms with Crippen molar-refractivity contribution in [1.29, 1.82) is 0 Å². The Morgan fingerprint density at radius 3 is 2.20 bits per heavy atom. The molecule has 0 spiro atoms. The average molecular weight is 677 g/mol. The van der Waals surface area contributed by atoms with Crippen molar-refractivity contribution in [2.75, 3.05) is 17.1 Å². The van der Waals surface area contributed by atoms with Crippen LogP contribution in [0.2, 0.25) is 10.0 Å². The molecule has 0 saturated heterocycles. The predicted molar refractivity (Wildman–Crippen MR) is 180 cm³/mol. The van der Waals surface area contributed by atoms with Gasteiger partial charge in [-0.1, -0.05) is 73.2 Å². The number of hydrogen-bond donors (Lipinski definition) is 1. The Bertz CT molecular complexity index is 1540. The van der Waals surface area contributed by atoms with Crippen LogP contribution in [0, 0.1) is 6.92 Å². The van der Waals surface area contributed by atoms with E-state index in [1.165, 1.54) is 16.7 Å². The van der Waals surface area contributed by atoms with E-state index < -0.39 is 28.5 Å². The molecule has 4 rings (SSSR count). The lowest BCUT2D eigenvalue weighted by Crippen LogP contribution is -2.54. The number of hydrogen-bond acceptors (Lipinski definition) is 5. The molecule has 1 aliphatic rings. The standard InChI is InChI=1S/C33H39Cl2N3O4S2/c1-4-31(33(40)36-25-8-6-5-7-9-25)37(21-24-12-19-29(34)30(35)20-24)32(39)22-38(26-13-10-23(2)11-14-26)44(41,42)28-17-15-27(43-3)16-18-28/h10-20,25,31H,4-9,21-22H2,1-3H3,(H,36,40)/t31-/m0/s1. The summed E-state index contributed by atoms with van der Waals surface area (Å²) in [5, 5.41) is 3.86. The van der Waals surface area contributed by atoms with E-state index in [4.69, 9.17) is 23.2 Å². The van der Waals surface area contributed by atoms with Gasteiger partial charge in [0.15, 0.2) is 0 Å². The second-order valence-corrected chi connectivity index (χ2v) is 14.6. The Labute approximate surface area is 275 Å². The molecule has 2 amide bonds. The summed E-state index contributed by atoms with van der Waals surface area (Å²) >= 11 is 14.0. The quantitative estimate of drug-likeness (QED) is 0.201. The van der Waals surface area contributed by atoms with E-state index in [9.17, 15) is 18.0 Å². The molecule has 0 unspecified atom stereocenters. The Morgan fingerprint density at radius 2 is 1.61 bits per heavy atom. The van der Waals surface area contributed by atoms with Crippen molar-refractivity contribution in [3.63, 3.8) is 0 Å². The fourth-order valence-corrected chi connectivity index (χ4v) is 7.56. The van der Waals surface area contributed by atoms with Crippen LogP contribution in [-0.4, -0.2) is 50.0 Å². The van der Waals surface area contributed by atoms with Crippen molar-refractivity contribution in [3.05, 3.63) is 87.9 Å². The summed E-state index contributed by atoms with van der Waals surface area (Å²) in [5.41, 5.74) is 1.98. The molecule has 7 nitrogen and oxygen atoms in total. The van der Waals surface area contributed by atoms with Crippen molar-refractivity contribution in [1.82, 2.24) is 10.2 Å². The van der Waals surface area contributed by atoms with E-state index in [0.717, 1.165) is 46.9 Å². The number of nitrogens with one attached hydrogen (secondary N) is 1. The van der Waals surface area contributed by atoms with Crippen LogP contribution >= 0.6 is 35.0 Å². The van der Waals surface area contributed by atoms with Crippen molar-refractivity contribution in [2.45, 2.75) is 80.8 Å². The summed E-state index contributed by atoms with van der Waals surface area (Å²) in [5.74, 6) is -0.753. The van der Waals surface area contributed by atoms with Gasteiger partial charge in [0.25, 0.3) is 10.0 Å². The van der Waals surface area contributed by atoms with Gasteiger partial charge in [0.1, 0.15) is 12.6 Å². The number of rotatable bonds is 12. The molecule has 3 aromatic carbocycles. The van der Waals surface area contributed by atoms with E-state index in [1.54, 1.807) is 66.7 Å². The zero-order chi connectivity index (χ0) is 31.9. The first-order valence-electron chi connectivity index (χ1n) is 14.8. The molecule has 1 fully saturated rings. The van der Waals surface area contributed by atoms with Gasteiger partial charge in [-0.2, -0.15) is 0 Å². The smallest absolute Gasteiger partial charge is 0.264 e. The van der Waals surface area contributed by atoms with Crippen molar-refractivity contribution < 1.29 is 18.0 Å². The molecule has 236 valence electrons. The minimum atomic E-state index is -4.14. The minimum Gasteiger partial charge on any atom is -0.352 e. The number of aryl methyl sites for hydroxylation is 1. The third-order valence-electron chi connectivity index (χ3n) is 7.92. The number of carbonyl (C=O) groups is 2. The van der Waals surface area contributed by atoms with Gasteiger partial charge in [-0.3, -0.25) is 13.9 Å². The lowest BCUT2D eigenvalue weighted by molar-refractivity contribution is -0.140. The Kier molecular flexibility index (Phi) is 12.0. The summed E-state index contributed by atoms with van der Waals surface area (Å²) in [6, 6.07) is 17.9. The molecular weight excluding hydrogens is 637 g/mol. The van der Waals surface area contributed by atoms with Crippen LogP contribution in [0.3, 0.4) is 0 Å². The fraction of sp³-hybridized carbons (Fsp3) is 0.394. The molecule has 3 aromatic rings. The van der Waals surface area contributed by atoms with Crippen LogP contribution in [0.1, 0.15) is 56.6 Å². The minimum absolute atomic E-state index is 0.0521. The largest absolute Gasteiger partial charge is 0.352 e. The number of sulfonamides is 1. The van der Waals surface area contributed by atoms with Gasteiger partial charge >= 0.3 is 0 Å². The highest BCUT2D eigenvalue weighted by atomic mass is 35.5. The van der Waals surface area contributed by atoms with Crippen molar-refractivity contribution in [2.24, 2.45) is 0 Å². The van der Waals surface area contributed by atoms with Gasteiger partial charge in [-0.05, 0) is 86.5 Å². The molecule has 11 heteroatoms. The molecule has 44 heavy (non-hydrogen) atoms. The first-order valence-corrected chi connectivity index (χ1v) is 18.2. The molecule has 0 aromatic heterocycles. The fourth-order valence-electron chi connectivity index (χ4n) is 5.41. The van der Waals surface area contributed by atoms with E-state index >= 15 is 0 Å². The lowest BCUT2D eigenvalue weighted by Gasteiger charge is -2.34. The molecule has 1 N–H and O–H groups in total. The third-order valence-corrected chi connectivity index (χ3v) is 11.2. The number of nitrogens with zero attached hydrogens (tertiary/aromatic N) is 2. The maximum Gasteiger partial charge on any atom is 0.264 e. The van der Waals surface area contributed by atoms with Gasteiger partial charge in [0.05, 0.1) is 20.6 Å². The molecule has 0 bridgehead atoms. The number of anilines is 1. The predicted octanol–water partition coefficient (Wildman–Crippen LogP) is 7.48. The molecule has 1 saturated carbocycles. The first kappa shape index (κ1) is 34.2. The highest BCUT2D eigenvalue weighted by Crippen LogP contribution is 2.28. The molecule has 0 heterocycles. The number of benzene rings is 3. The highest BCUT2D eigenvalue weighted by molar-refractivity contribution is 7.98. The van der Waals surface area contributed by atoms with Crippen LogP contribution in [0.25, 0.3) is 0 Å². The number of amides is 2. The van der Waals surface area contributed by atoms with Crippen molar-refractivity contribution in [3.8, 4) is 0 Å². The van der Waals surface area contributed by atoms with Gasteiger partial charge < -0.3 is 10.2 Å². The molecule has 1 atom stereocenters. The molecular formula is C33H39Cl2N3O4S2. The summed E-state index contributed by atoms with van der Waals surface area (Å²) < 4.78 is 29.3. The number of thioether (sulfide) groups is 1. The molecule has 1 aliphatic carbocycles. The summed E-state index contributed by atoms with van der Waals surface area (Å²) in [7, 11) is -4.14. The van der Waals surface area contributed by atoms with Crippen LogP contribution < -0.4 is 9.62 Å². The van der Waals surface area contributed by atoms with E-state index in [1.807, 2.05) is 20.1 Å². The third kappa shape index (κ3) is 8.50. The maximum atomic E-state index is 14.3. The Balaban J connectivity index is 1.71. The highest BCUT2D eigenvalue weighted by Gasteiger charge is 2.34. The maximum absolute atomic E-state index is 14.3. The van der Waals surface area contributed by atoms with Crippen LogP contribution in [0.5, 0.6) is 0 Å².